The average molecular weight is 238 g/mol. The molecule has 0 aliphatic rings. The zero-order valence-corrected chi connectivity index (χ0v) is 7.61. The van der Waals surface area contributed by atoms with Crippen molar-refractivity contribution in [2.45, 2.75) is 6.18 Å². The largest absolute Gasteiger partial charge is 0.396 e. The van der Waals surface area contributed by atoms with Crippen LogP contribution in [0, 0.1) is 18.1 Å². The van der Waals surface area contributed by atoms with Gasteiger partial charge in [-0.1, -0.05) is 6.07 Å². The summed E-state index contributed by atoms with van der Waals surface area (Å²) < 4.78 is 61.9. The van der Waals surface area contributed by atoms with Gasteiger partial charge >= 0.3 is 6.18 Å². The molecule has 0 unspecified atom stereocenters. The van der Waals surface area contributed by atoms with E-state index in [-0.39, 0.29) is 6.42 Å². The molecule has 1 rings (SSSR count). The molecule has 2 nitrogen and oxygen atoms in total. The molecular formula is C9H5F5NO. The molecule has 0 spiro atoms. The fourth-order valence-electron chi connectivity index (χ4n) is 1.08. The summed E-state index contributed by atoms with van der Waals surface area (Å²) in [4.78, 5) is 10.6. The normalized spacial score (nSPS) is 11.6. The third-order valence-corrected chi connectivity index (χ3v) is 1.69. The molecule has 1 aromatic rings. The van der Waals surface area contributed by atoms with Crippen LogP contribution in [0.2, 0.25) is 0 Å². The van der Waals surface area contributed by atoms with Crippen molar-refractivity contribution in [2.75, 3.05) is 0 Å². The van der Waals surface area contributed by atoms with Crippen molar-refractivity contribution in [3.05, 3.63) is 41.3 Å². The highest BCUT2D eigenvalue weighted by Crippen LogP contribution is 2.27. The SMILES string of the molecule is NC(=O)c1c(F)ccc([CH]C(F)(F)F)c1F. The molecule has 1 aromatic carbocycles. The number of carbonyl (C=O) groups is 1. The summed E-state index contributed by atoms with van der Waals surface area (Å²) in [7, 11) is 0. The quantitative estimate of drug-likeness (QED) is 0.788. The zero-order valence-electron chi connectivity index (χ0n) is 7.61. The highest BCUT2D eigenvalue weighted by Gasteiger charge is 2.31. The van der Waals surface area contributed by atoms with Gasteiger partial charge in [0.05, 0.1) is 6.42 Å². The molecule has 0 saturated carbocycles. The first-order chi connectivity index (χ1) is 7.22. The van der Waals surface area contributed by atoms with Crippen molar-refractivity contribution in [1.29, 1.82) is 0 Å². The number of primary amides is 1. The van der Waals surface area contributed by atoms with Gasteiger partial charge in [0.2, 0.25) is 0 Å². The van der Waals surface area contributed by atoms with Crippen LogP contribution in [-0.2, 0) is 0 Å². The maximum absolute atomic E-state index is 13.2. The highest BCUT2D eigenvalue weighted by atomic mass is 19.4. The molecule has 0 atom stereocenters. The fraction of sp³-hybridized carbons (Fsp3) is 0.111. The van der Waals surface area contributed by atoms with Crippen LogP contribution in [0.3, 0.4) is 0 Å². The van der Waals surface area contributed by atoms with Crippen LogP contribution in [0.5, 0.6) is 0 Å². The van der Waals surface area contributed by atoms with Crippen molar-refractivity contribution < 1.29 is 26.7 Å². The summed E-state index contributed by atoms with van der Waals surface area (Å²) in [6, 6.07) is 1.12. The molecule has 0 bridgehead atoms. The van der Waals surface area contributed by atoms with Crippen LogP contribution in [-0.4, -0.2) is 12.1 Å². The second-order valence-corrected chi connectivity index (χ2v) is 2.88. The van der Waals surface area contributed by atoms with E-state index in [1.807, 2.05) is 0 Å². The Labute approximate surface area is 86.9 Å². The van der Waals surface area contributed by atoms with Crippen LogP contribution in [0.1, 0.15) is 15.9 Å². The van der Waals surface area contributed by atoms with E-state index < -0.39 is 34.8 Å². The number of rotatable bonds is 2. The first-order valence-corrected chi connectivity index (χ1v) is 3.93. The van der Waals surface area contributed by atoms with Gasteiger partial charge in [-0.15, -0.1) is 0 Å². The lowest BCUT2D eigenvalue weighted by Gasteiger charge is -2.09. The molecule has 16 heavy (non-hydrogen) atoms. The predicted molar refractivity (Wildman–Crippen MR) is 44.3 cm³/mol. The van der Waals surface area contributed by atoms with E-state index in [1.54, 1.807) is 0 Å². The van der Waals surface area contributed by atoms with Gasteiger partial charge in [-0.3, -0.25) is 4.79 Å². The molecule has 1 radical (unpaired) electrons. The number of halogens is 5. The molecule has 0 heterocycles. The monoisotopic (exact) mass is 238 g/mol. The van der Waals surface area contributed by atoms with Crippen molar-refractivity contribution in [2.24, 2.45) is 5.73 Å². The maximum Gasteiger partial charge on any atom is 0.396 e. The molecule has 0 aromatic heterocycles. The highest BCUT2D eigenvalue weighted by molar-refractivity contribution is 5.93. The van der Waals surface area contributed by atoms with Gasteiger partial charge < -0.3 is 5.73 Å². The van der Waals surface area contributed by atoms with Gasteiger partial charge in [0, 0.05) is 5.56 Å². The van der Waals surface area contributed by atoms with Crippen molar-refractivity contribution in [3.63, 3.8) is 0 Å². The second kappa shape index (κ2) is 4.07. The summed E-state index contributed by atoms with van der Waals surface area (Å²) in [6.45, 7) is 0. The number of hydrogen-bond acceptors (Lipinski definition) is 1. The van der Waals surface area contributed by atoms with Gasteiger partial charge in [-0.2, -0.15) is 13.2 Å². The molecular weight excluding hydrogens is 233 g/mol. The number of amides is 1. The van der Waals surface area contributed by atoms with Gasteiger partial charge in [-0.25, -0.2) is 8.78 Å². The molecule has 2 N–H and O–H groups in total. The molecule has 0 aliphatic heterocycles. The van der Waals surface area contributed by atoms with Crippen molar-refractivity contribution in [3.8, 4) is 0 Å². The van der Waals surface area contributed by atoms with E-state index in [1.165, 1.54) is 0 Å². The Morgan fingerprint density at radius 3 is 2.25 bits per heavy atom. The van der Waals surface area contributed by atoms with Crippen LogP contribution in [0.25, 0.3) is 0 Å². The lowest BCUT2D eigenvalue weighted by molar-refractivity contribution is -0.0931. The number of carbonyl (C=O) groups excluding carboxylic acids is 1. The third-order valence-electron chi connectivity index (χ3n) is 1.69. The van der Waals surface area contributed by atoms with E-state index in [4.69, 9.17) is 0 Å². The number of alkyl halides is 3. The Kier molecular flexibility index (Phi) is 3.16. The molecule has 7 heteroatoms. The Hall–Kier alpha value is -1.66. The summed E-state index contributed by atoms with van der Waals surface area (Å²) in [6.07, 6.45) is -5.15. The first kappa shape index (κ1) is 12.4. The van der Waals surface area contributed by atoms with E-state index >= 15 is 0 Å². The molecule has 87 valence electrons. The van der Waals surface area contributed by atoms with Crippen LogP contribution in [0.15, 0.2) is 12.1 Å². The maximum atomic E-state index is 13.2. The van der Waals surface area contributed by atoms with Crippen molar-refractivity contribution >= 4 is 5.91 Å². The minimum atomic E-state index is -4.77. The Morgan fingerprint density at radius 1 is 1.25 bits per heavy atom. The second-order valence-electron chi connectivity index (χ2n) is 2.88. The molecule has 1 amide bonds. The van der Waals surface area contributed by atoms with Gasteiger partial charge in [-0.05, 0) is 6.07 Å². The van der Waals surface area contributed by atoms with E-state index in [0.717, 1.165) is 0 Å². The summed E-state index contributed by atoms with van der Waals surface area (Å²) >= 11 is 0. The lowest BCUT2D eigenvalue weighted by atomic mass is 10.1. The zero-order chi connectivity index (χ0) is 12.5. The minimum Gasteiger partial charge on any atom is -0.365 e. The number of benzene rings is 1. The third kappa shape index (κ3) is 2.68. The first-order valence-electron chi connectivity index (χ1n) is 3.93. The summed E-state index contributed by atoms with van der Waals surface area (Å²) in [5.41, 5.74) is 2.51. The fourth-order valence-corrected chi connectivity index (χ4v) is 1.08. The summed E-state index contributed by atoms with van der Waals surface area (Å²) in [5, 5.41) is 0. The van der Waals surface area contributed by atoms with Gasteiger partial charge in [0.1, 0.15) is 17.2 Å². The van der Waals surface area contributed by atoms with Gasteiger partial charge in [0.15, 0.2) is 0 Å². The average Bonchev–Trinajstić information content (AvgIpc) is 2.07. The molecule has 0 saturated heterocycles. The number of nitrogens with two attached hydrogens (primary N) is 1. The molecule has 0 aliphatic carbocycles. The molecule has 0 fully saturated rings. The van der Waals surface area contributed by atoms with Crippen LogP contribution < -0.4 is 5.73 Å². The topological polar surface area (TPSA) is 43.1 Å². The summed E-state index contributed by atoms with van der Waals surface area (Å²) in [5.74, 6) is -4.39. The van der Waals surface area contributed by atoms with E-state index in [9.17, 15) is 26.7 Å². The Morgan fingerprint density at radius 2 is 1.81 bits per heavy atom. The Balaban J connectivity index is 3.24. The van der Waals surface area contributed by atoms with E-state index in [0.29, 0.717) is 12.1 Å². The predicted octanol–water partition coefficient (Wildman–Crippen LogP) is 2.18. The van der Waals surface area contributed by atoms with Crippen LogP contribution >= 0.6 is 0 Å². The van der Waals surface area contributed by atoms with E-state index in [2.05, 4.69) is 5.73 Å². The number of hydrogen-bond donors (Lipinski definition) is 1. The smallest absolute Gasteiger partial charge is 0.365 e. The van der Waals surface area contributed by atoms with Crippen LogP contribution in [0.4, 0.5) is 22.0 Å². The van der Waals surface area contributed by atoms with Crippen molar-refractivity contribution in [1.82, 2.24) is 0 Å². The minimum absolute atomic E-state index is 0.381. The van der Waals surface area contributed by atoms with Gasteiger partial charge in [0.25, 0.3) is 5.91 Å². The Bertz CT molecular complexity index is 427. The lowest BCUT2D eigenvalue weighted by Crippen LogP contribution is -2.18. The standard InChI is InChI=1S/C9H5F5NO/c10-5-2-1-4(3-9(12,13)14)7(11)6(5)8(15)16/h1-3H,(H2,15,16).